The summed E-state index contributed by atoms with van der Waals surface area (Å²) in [4.78, 5) is 4.24. The molecular formula is C14H9BrN4. The summed E-state index contributed by atoms with van der Waals surface area (Å²) >= 11 is 3.33. The maximum Gasteiger partial charge on any atom is 0.101 e. The van der Waals surface area contributed by atoms with Gasteiger partial charge in [0.1, 0.15) is 12.1 Å². The molecule has 0 saturated carbocycles. The fourth-order valence-electron chi connectivity index (χ4n) is 1.55. The van der Waals surface area contributed by atoms with Crippen molar-refractivity contribution in [3.63, 3.8) is 0 Å². The lowest BCUT2D eigenvalue weighted by Crippen LogP contribution is -2.01. The molecule has 5 heteroatoms. The minimum Gasteiger partial charge on any atom is -0.379 e. The van der Waals surface area contributed by atoms with Gasteiger partial charge in [-0.3, -0.25) is 4.98 Å². The van der Waals surface area contributed by atoms with Crippen LogP contribution in [0.3, 0.4) is 0 Å². The van der Waals surface area contributed by atoms with Gasteiger partial charge in [0.15, 0.2) is 0 Å². The van der Waals surface area contributed by atoms with Crippen LogP contribution in [-0.2, 0) is 6.54 Å². The highest BCUT2D eigenvalue weighted by Crippen LogP contribution is 2.15. The van der Waals surface area contributed by atoms with Crippen molar-refractivity contribution in [2.45, 2.75) is 6.54 Å². The smallest absolute Gasteiger partial charge is 0.101 e. The molecule has 0 unspecified atom stereocenters. The Bertz CT molecular complexity index is 665. The van der Waals surface area contributed by atoms with Crippen LogP contribution in [0.5, 0.6) is 0 Å². The standard InChI is InChI=1S/C14H9BrN4/c15-12-2-4-14(18-8-12)9-19-13-3-1-10(6-16)11(5-13)7-17/h1-5,8,19H,9H2. The van der Waals surface area contributed by atoms with Crippen LogP contribution in [0.15, 0.2) is 41.0 Å². The quantitative estimate of drug-likeness (QED) is 0.944. The largest absolute Gasteiger partial charge is 0.379 e. The SMILES string of the molecule is N#Cc1ccc(NCc2ccc(Br)cn2)cc1C#N. The highest BCUT2D eigenvalue weighted by atomic mass is 79.9. The van der Waals surface area contributed by atoms with Crippen molar-refractivity contribution in [2.24, 2.45) is 0 Å². The number of pyridine rings is 1. The molecule has 0 radical (unpaired) electrons. The van der Waals surface area contributed by atoms with Gasteiger partial charge in [-0.2, -0.15) is 10.5 Å². The number of anilines is 1. The van der Waals surface area contributed by atoms with Gasteiger partial charge < -0.3 is 5.32 Å². The normalized spacial score (nSPS) is 9.42. The summed E-state index contributed by atoms with van der Waals surface area (Å²) in [5.74, 6) is 0. The van der Waals surface area contributed by atoms with Gasteiger partial charge >= 0.3 is 0 Å². The van der Waals surface area contributed by atoms with Gasteiger partial charge in [0.25, 0.3) is 0 Å². The predicted molar refractivity (Wildman–Crippen MR) is 75.1 cm³/mol. The summed E-state index contributed by atoms with van der Waals surface area (Å²) in [6.07, 6.45) is 1.73. The Morgan fingerprint density at radius 2 is 1.89 bits per heavy atom. The molecule has 1 heterocycles. The van der Waals surface area contributed by atoms with Gasteiger partial charge in [0.05, 0.1) is 23.4 Å². The van der Waals surface area contributed by atoms with Crippen molar-refractivity contribution in [3.8, 4) is 12.1 Å². The van der Waals surface area contributed by atoms with Crippen molar-refractivity contribution < 1.29 is 0 Å². The summed E-state index contributed by atoms with van der Waals surface area (Å²) < 4.78 is 0.932. The highest BCUT2D eigenvalue weighted by molar-refractivity contribution is 9.10. The molecule has 0 spiro atoms. The van der Waals surface area contributed by atoms with E-state index in [1.54, 1.807) is 24.4 Å². The van der Waals surface area contributed by atoms with Gasteiger partial charge in [0.2, 0.25) is 0 Å². The molecule has 0 bridgehead atoms. The maximum absolute atomic E-state index is 8.94. The van der Waals surface area contributed by atoms with E-state index in [9.17, 15) is 0 Å². The van der Waals surface area contributed by atoms with E-state index < -0.39 is 0 Å². The number of nitrogens with zero attached hydrogens (tertiary/aromatic N) is 3. The first-order chi connectivity index (χ1) is 9.22. The van der Waals surface area contributed by atoms with Gasteiger partial charge in [-0.25, -0.2) is 0 Å². The molecule has 4 nitrogen and oxygen atoms in total. The van der Waals surface area contributed by atoms with E-state index in [-0.39, 0.29) is 0 Å². The van der Waals surface area contributed by atoms with Gasteiger partial charge in [-0.05, 0) is 46.3 Å². The molecule has 1 N–H and O–H groups in total. The fraction of sp³-hybridized carbons (Fsp3) is 0.0714. The van der Waals surface area contributed by atoms with Crippen LogP contribution >= 0.6 is 15.9 Å². The Hall–Kier alpha value is -2.37. The molecule has 1 aromatic carbocycles. The minimum absolute atomic E-state index is 0.372. The molecule has 0 atom stereocenters. The molecule has 2 aromatic rings. The zero-order valence-corrected chi connectivity index (χ0v) is 11.5. The number of aromatic nitrogens is 1. The third-order valence-corrected chi connectivity index (χ3v) is 2.99. The summed E-state index contributed by atoms with van der Waals surface area (Å²) in [7, 11) is 0. The zero-order valence-electron chi connectivity index (χ0n) is 9.89. The second kappa shape index (κ2) is 5.99. The van der Waals surface area contributed by atoms with Crippen molar-refractivity contribution in [1.82, 2.24) is 4.98 Å². The third kappa shape index (κ3) is 3.31. The topological polar surface area (TPSA) is 72.5 Å². The Morgan fingerprint density at radius 1 is 1.11 bits per heavy atom. The van der Waals surface area contributed by atoms with Crippen LogP contribution < -0.4 is 5.32 Å². The number of nitrogens with one attached hydrogen (secondary N) is 1. The first-order valence-electron chi connectivity index (χ1n) is 5.51. The van der Waals surface area contributed by atoms with Crippen LogP contribution in [0.25, 0.3) is 0 Å². The van der Waals surface area contributed by atoms with E-state index in [1.807, 2.05) is 24.3 Å². The molecule has 1 aromatic heterocycles. The Balaban J connectivity index is 2.10. The van der Waals surface area contributed by atoms with Crippen LogP contribution in [0.4, 0.5) is 5.69 Å². The van der Waals surface area contributed by atoms with E-state index in [1.165, 1.54) is 0 Å². The van der Waals surface area contributed by atoms with E-state index in [0.29, 0.717) is 17.7 Å². The minimum atomic E-state index is 0.372. The maximum atomic E-state index is 8.94. The molecule has 0 amide bonds. The van der Waals surface area contributed by atoms with Crippen LogP contribution in [0.1, 0.15) is 16.8 Å². The van der Waals surface area contributed by atoms with Crippen LogP contribution in [0, 0.1) is 22.7 Å². The summed E-state index contributed by atoms with van der Waals surface area (Å²) in [5, 5.41) is 20.9. The van der Waals surface area contributed by atoms with E-state index in [4.69, 9.17) is 10.5 Å². The summed E-state index contributed by atoms with van der Waals surface area (Å²) in [6.45, 7) is 0.560. The lowest BCUT2D eigenvalue weighted by molar-refractivity contribution is 1.04. The zero-order chi connectivity index (χ0) is 13.7. The average molecular weight is 313 g/mol. The second-order valence-electron chi connectivity index (χ2n) is 3.81. The predicted octanol–water partition coefficient (Wildman–Crippen LogP) is 3.20. The Morgan fingerprint density at radius 3 is 2.53 bits per heavy atom. The number of nitriles is 2. The fourth-order valence-corrected chi connectivity index (χ4v) is 1.78. The lowest BCUT2D eigenvalue weighted by Gasteiger charge is -2.06. The molecular weight excluding hydrogens is 304 g/mol. The molecule has 92 valence electrons. The number of benzene rings is 1. The first kappa shape index (κ1) is 13.1. The van der Waals surface area contributed by atoms with E-state index in [0.717, 1.165) is 15.9 Å². The lowest BCUT2D eigenvalue weighted by atomic mass is 10.1. The van der Waals surface area contributed by atoms with E-state index in [2.05, 4.69) is 26.2 Å². The average Bonchev–Trinajstić information content (AvgIpc) is 2.46. The monoisotopic (exact) mass is 312 g/mol. The first-order valence-corrected chi connectivity index (χ1v) is 6.31. The molecule has 0 saturated heterocycles. The summed E-state index contributed by atoms with van der Waals surface area (Å²) in [5.41, 5.74) is 2.44. The summed E-state index contributed by atoms with van der Waals surface area (Å²) in [6, 6.07) is 12.9. The Kier molecular flexibility index (Phi) is 4.12. The van der Waals surface area contributed by atoms with E-state index >= 15 is 0 Å². The second-order valence-corrected chi connectivity index (χ2v) is 4.72. The van der Waals surface area contributed by atoms with Crippen molar-refractivity contribution in [3.05, 3.63) is 57.8 Å². The van der Waals surface area contributed by atoms with Crippen molar-refractivity contribution in [1.29, 1.82) is 10.5 Å². The van der Waals surface area contributed by atoms with Gasteiger partial charge in [-0.1, -0.05) is 0 Å². The number of hydrogen-bond donors (Lipinski definition) is 1. The van der Waals surface area contributed by atoms with Gasteiger partial charge in [-0.15, -0.1) is 0 Å². The highest BCUT2D eigenvalue weighted by Gasteiger charge is 2.03. The van der Waals surface area contributed by atoms with Crippen molar-refractivity contribution >= 4 is 21.6 Å². The number of halogens is 1. The molecule has 0 fully saturated rings. The third-order valence-electron chi connectivity index (χ3n) is 2.52. The molecule has 0 aliphatic carbocycles. The number of rotatable bonds is 3. The van der Waals surface area contributed by atoms with Crippen molar-refractivity contribution in [2.75, 3.05) is 5.32 Å². The molecule has 0 aliphatic rings. The van der Waals surface area contributed by atoms with Crippen LogP contribution in [-0.4, -0.2) is 4.98 Å². The molecule has 19 heavy (non-hydrogen) atoms. The van der Waals surface area contributed by atoms with Gasteiger partial charge in [0, 0.05) is 16.4 Å². The molecule has 2 rings (SSSR count). The molecule has 0 aliphatic heterocycles. The van der Waals surface area contributed by atoms with Crippen LogP contribution in [0.2, 0.25) is 0 Å². The Labute approximate surface area is 119 Å². The number of hydrogen-bond acceptors (Lipinski definition) is 4.